The van der Waals surface area contributed by atoms with Crippen LogP contribution in [-0.4, -0.2) is 22.6 Å². The minimum atomic E-state index is -0.216. The van der Waals surface area contributed by atoms with Crippen molar-refractivity contribution >= 4 is 5.78 Å². The van der Waals surface area contributed by atoms with Gasteiger partial charge in [0.2, 0.25) is 0 Å². The van der Waals surface area contributed by atoms with Crippen LogP contribution in [0, 0.1) is 11.3 Å². The molecule has 0 aliphatic heterocycles. The lowest BCUT2D eigenvalue weighted by Crippen LogP contribution is -2.51. The van der Waals surface area contributed by atoms with E-state index < -0.39 is 0 Å². The van der Waals surface area contributed by atoms with Crippen LogP contribution in [0.5, 0.6) is 5.75 Å². The van der Waals surface area contributed by atoms with Gasteiger partial charge < -0.3 is 10.2 Å². The lowest BCUT2D eigenvalue weighted by molar-refractivity contribution is -0.0142. The number of aliphatic hydroxyl groups is 1. The number of phenols is 1. The largest absolute Gasteiger partial charge is 0.508 e. The fourth-order valence-electron chi connectivity index (χ4n) is 5.03. The summed E-state index contributed by atoms with van der Waals surface area (Å²) in [4.78, 5) is 12.8. The van der Waals surface area contributed by atoms with Crippen LogP contribution < -0.4 is 0 Å². The van der Waals surface area contributed by atoms with Gasteiger partial charge in [-0.1, -0.05) is 34.1 Å². The molecular formula is C20H28O3. The quantitative estimate of drug-likeness (QED) is 0.861. The number of fused-ring (bicyclic) bond motifs is 3. The Kier molecular flexibility index (Phi) is 3.83. The summed E-state index contributed by atoms with van der Waals surface area (Å²) in [5.74, 6) is 0.779. The topological polar surface area (TPSA) is 57.5 Å². The smallest absolute Gasteiger partial charge is 0.163 e. The minimum absolute atomic E-state index is 0.117. The van der Waals surface area contributed by atoms with Crippen molar-refractivity contribution in [2.24, 2.45) is 11.3 Å². The van der Waals surface area contributed by atoms with Gasteiger partial charge in [0.1, 0.15) is 5.75 Å². The zero-order chi connectivity index (χ0) is 17.0. The summed E-state index contributed by atoms with van der Waals surface area (Å²) >= 11 is 0. The van der Waals surface area contributed by atoms with Gasteiger partial charge in [0.05, 0.1) is 0 Å². The molecule has 0 amide bonds. The average molecular weight is 316 g/mol. The Balaban J connectivity index is 2.19. The van der Waals surface area contributed by atoms with E-state index in [9.17, 15) is 15.0 Å². The first-order valence-electron chi connectivity index (χ1n) is 8.74. The van der Waals surface area contributed by atoms with Crippen LogP contribution in [0.4, 0.5) is 0 Å². The van der Waals surface area contributed by atoms with Crippen molar-refractivity contribution in [3.8, 4) is 5.75 Å². The van der Waals surface area contributed by atoms with Crippen LogP contribution >= 0.6 is 0 Å². The number of carbonyl (C=O) groups excluding carboxylic acids is 1. The molecule has 2 N–H and O–H groups in total. The Hall–Kier alpha value is -1.35. The van der Waals surface area contributed by atoms with E-state index in [1.54, 1.807) is 0 Å². The highest BCUT2D eigenvalue weighted by atomic mass is 16.3. The summed E-state index contributed by atoms with van der Waals surface area (Å²) in [6, 6.07) is 3.74. The molecule has 0 heterocycles. The zero-order valence-electron chi connectivity index (χ0n) is 14.6. The first kappa shape index (κ1) is 16.5. The second-order valence-corrected chi connectivity index (χ2v) is 8.37. The van der Waals surface area contributed by atoms with E-state index in [4.69, 9.17) is 0 Å². The normalized spacial score (nSPS) is 33.5. The number of phenolic OH excluding ortho intramolecular Hbond substituents is 1. The van der Waals surface area contributed by atoms with Crippen LogP contribution in [0.25, 0.3) is 0 Å². The average Bonchev–Trinajstić information content (AvgIpc) is 2.49. The molecule has 1 aromatic rings. The van der Waals surface area contributed by atoms with E-state index in [1.165, 1.54) is 0 Å². The van der Waals surface area contributed by atoms with Crippen molar-refractivity contribution in [3.05, 3.63) is 28.8 Å². The molecule has 1 unspecified atom stereocenters. The Morgan fingerprint density at radius 2 is 1.96 bits per heavy atom. The van der Waals surface area contributed by atoms with Crippen molar-refractivity contribution in [2.45, 2.75) is 64.7 Å². The van der Waals surface area contributed by atoms with Gasteiger partial charge in [0, 0.05) is 18.6 Å². The number of hydrogen-bond donors (Lipinski definition) is 2. The lowest BCUT2D eigenvalue weighted by atomic mass is 9.49. The van der Waals surface area contributed by atoms with Gasteiger partial charge >= 0.3 is 0 Å². The highest BCUT2D eigenvalue weighted by Crippen LogP contribution is 2.57. The number of aliphatic hydroxyl groups excluding tert-OH is 1. The van der Waals surface area contributed by atoms with E-state index in [1.807, 2.05) is 26.0 Å². The fourth-order valence-corrected chi connectivity index (χ4v) is 5.03. The summed E-state index contributed by atoms with van der Waals surface area (Å²) in [6.45, 7) is 8.50. The van der Waals surface area contributed by atoms with Gasteiger partial charge in [-0.2, -0.15) is 0 Å². The molecule has 3 rings (SSSR count). The summed E-state index contributed by atoms with van der Waals surface area (Å²) in [5.41, 5.74) is 2.26. The van der Waals surface area contributed by atoms with Crippen molar-refractivity contribution in [3.63, 3.8) is 0 Å². The van der Waals surface area contributed by atoms with Crippen LogP contribution in [0.15, 0.2) is 12.1 Å². The second kappa shape index (κ2) is 5.34. The summed E-state index contributed by atoms with van der Waals surface area (Å²) in [7, 11) is 0. The van der Waals surface area contributed by atoms with Crippen molar-refractivity contribution in [2.75, 3.05) is 6.61 Å². The molecule has 3 nitrogen and oxygen atoms in total. The van der Waals surface area contributed by atoms with E-state index in [2.05, 4.69) is 13.8 Å². The van der Waals surface area contributed by atoms with Crippen LogP contribution in [0.1, 0.15) is 80.8 Å². The number of carbonyl (C=O) groups is 1. The molecule has 0 radical (unpaired) electrons. The fraction of sp³-hybridized carbons (Fsp3) is 0.650. The molecule has 1 aromatic carbocycles. The highest BCUT2D eigenvalue weighted by Gasteiger charge is 2.53. The monoisotopic (exact) mass is 316 g/mol. The molecule has 1 fully saturated rings. The minimum Gasteiger partial charge on any atom is -0.508 e. The van der Waals surface area contributed by atoms with Crippen LogP contribution in [0.2, 0.25) is 0 Å². The predicted molar refractivity (Wildman–Crippen MR) is 91.0 cm³/mol. The second-order valence-electron chi connectivity index (χ2n) is 8.37. The van der Waals surface area contributed by atoms with Crippen LogP contribution in [0.3, 0.4) is 0 Å². The summed E-state index contributed by atoms with van der Waals surface area (Å²) in [6.07, 6.45) is 3.52. The molecular weight excluding hydrogens is 288 g/mol. The molecule has 1 saturated carbocycles. The number of Topliss-reactive ketones (excluding diaryl/α,β-unsaturated/α-hetero) is 1. The van der Waals surface area contributed by atoms with Gasteiger partial charge in [-0.25, -0.2) is 0 Å². The van der Waals surface area contributed by atoms with Gasteiger partial charge in [-0.05, 0) is 58.8 Å². The number of rotatable bonds is 2. The molecule has 3 heteroatoms. The van der Waals surface area contributed by atoms with Gasteiger partial charge in [0.25, 0.3) is 0 Å². The Morgan fingerprint density at radius 1 is 1.26 bits per heavy atom. The van der Waals surface area contributed by atoms with E-state index >= 15 is 0 Å². The molecule has 0 bridgehead atoms. The first-order chi connectivity index (χ1) is 10.7. The maximum atomic E-state index is 12.8. The van der Waals surface area contributed by atoms with Crippen molar-refractivity contribution in [1.29, 1.82) is 0 Å². The summed E-state index contributed by atoms with van der Waals surface area (Å²) in [5, 5.41) is 20.4. The Labute approximate surface area is 138 Å². The van der Waals surface area contributed by atoms with Gasteiger partial charge in [-0.15, -0.1) is 0 Å². The third kappa shape index (κ3) is 2.32. The molecule has 23 heavy (non-hydrogen) atoms. The molecule has 0 saturated heterocycles. The predicted octanol–water partition coefficient (Wildman–Crippen LogP) is 4.16. The molecule has 2 aliphatic rings. The molecule has 3 atom stereocenters. The number of aromatic hydroxyl groups is 1. The number of ketones is 1. The maximum absolute atomic E-state index is 12.8. The molecule has 0 aromatic heterocycles. The SMILES string of the molecule is CC(C)c1cc2c(cc1O)[C@@]1(C)CCC[C@](C)(CO)C1CC2=O. The third-order valence-electron chi connectivity index (χ3n) is 6.51. The first-order valence-corrected chi connectivity index (χ1v) is 8.74. The molecule has 126 valence electrons. The maximum Gasteiger partial charge on any atom is 0.163 e. The van der Waals surface area contributed by atoms with Crippen molar-refractivity contribution < 1.29 is 15.0 Å². The van der Waals surface area contributed by atoms with Gasteiger partial charge in [-0.3, -0.25) is 4.79 Å². The van der Waals surface area contributed by atoms with E-state index in [0.29, 0.717) is 12.2 Å². The van der Waals surface area contributed by atoms with E-state index in [-0.39, 0.29) is 35.1 Å². The van der Waals surface area contributed by atoms with E-state index in [0.717, 1.165) is 36.0 Å². The number of hydrogen-bond acceptors (Lipinski definition) is 3. The standard InChI is InChI=1S/C20H28O3/c1-12(2)13-8-14-15(9-16(13)22)20(4)7-5-6-19(3,11-21)18(20)10-17(14)23/h8-9,12,18,21-22H,5-7,10-11H2,1-4H3/t18?,19-,20-/m1/s1. The Morgan fingerprint density at radius 3 is 2.57 bits per heavy atom. The Bertz CT molecular complexity index is 649. The summed E-state index contributed by atoms with van der Waals surface area (Å²) < 4.78 is 0. The lowest BCUT2D eigenvalue weighted by Gasteiger charge is -2.54. The molecule has 2 aliphatic carbocycles. The third-order valence-corrected chi connectivity index (χ3v) is 6.51. The zero-order valence-corrected chi connectivity index (χ0v) is 14.6. The highest BCUT2D eigenvalue weighted by molar-refractivity contribution is 6.00. The number of benzene rings is 1. The molecule has 0 spiro atoms. The van der Waals surface area contributed by atoms with Gasteiger partial charge in [0.15, 0.2) is 5.78 Å². The van der Waals surface area contributed by atoms with Crippen molar-refractivity contribution in [1.82, 2.24) is 0 Å². The van der Waals surface area contributed by atoms with Crippen LogP contribution in [-0.2, 0) is 5.41 Å².